The molecule has 78 valence electrons. The average molecular weight is 237 g/mol. The van der Waals surface area contributed by atoms with E-state index in [1.165, 1.54) is 24.2 Å². The van der Waals surface area contributed by atoms with Crippen molar-refractivity contribution >= 4 is 28.4 Å². The Morgan fingerprint density at radius 3 is 3.00 bits per heavy atom. The predicted octanol–water partition coefficient (Wildman–Crippen LogP) is 0.416. The molecule has 0 spiro atoms. The maximum atomic E-state index is 11.3. The molecule has 1 aromatic rings. The Hall–Kier alpha value is -0.880. The van der Waals surface area contributed by atoms with Crippen molar-refractivity contribution in [1.29, 1.82) is 0 Å². The molecule has 0 radical (unpaired) electrons. The third-order valence-corrected chi connectivity index (χ3v) is 2.69. The second-order valence-corrected chi connectivity index (χ2v) is 4.35. The summed E-state index contributed by atoms with van der Waals surface area (Å²) in [7, 11) is -0.0661. The maximum Gasteiger partial charge on any atom is 0.318 e. The van der Waals surface area contributed by atoms with Gasteiger partial charge in [0.25, 0.3) is 0 Å². The number of halogens is 1. The van der Waals surface area contributed by atoms with Crippen LogP contribution in [0.2, 0.25) is 5.02 Å². The van der Waals surface area contributed by atoms with Crippen LogP contribution in [0.1, 0.15) is 0 Å². The molecule has 0 bridgehead atoms. The smallest absolute Gasteiger partial charge is 0.318 e. The fraction of sp³-hybridized carbons (Fsp3) is 0.429. The number of ether oxygens (including phenoxy) is 1. The van der Waals surface area contributed by atoms with Gasteiger partial charge in [0.05, 0.1) is 29.1 Å². The van der Waals surface area contributed by atoms with Gasteiger partial charge in [0.1, 0.15) is 11.6 Å². The molecule has 1 atom stereocenters. The van der Waals surface area contributed by atoms with Crippen LogP contribution in [0.5, 0.6) is 0 Å². The van der Waals surface area contributed by atoms with Crippen molar-refractivity contribution in [2.75, 3.05) is 12.9 Å². The van der Waals surface area contributed by atoms with Crippen LogP contribution in [0, 0.1) is 0 Å². The molecule has 1 heterocycles. The topological polar surface area (TPSA) is 61.2 Å². The van der Waals surface area contributed by atoms with Crippen molar-refractivity contribution < 1.29 is 13.7 Å². The van der Waals surface area contributed by atoms with E-state index < -0.39 is 16.8 Å². The number of rotatable bonds is 4. The zero-order valence-electron chi connectivity index (χ0n) is 7.47. The van der Waals surface area contributed by atoms with E-state index in [1.807, 2.05) is 0 Å². The largest absolute Gasteiger partial charge is 0.468 e. The highest BCUT2D eigenvalue weighted by Crippen LogP contribution is 2.05. The number of aromatic nitrogens is 2. The van der Waals surface area contributed by atoms with E-state index in [-0.39, 0.29) is 11.6 Å². The van der Waals surface area contributed by atoms with Crippen molar-refractivity contribution in [2.24, 2.45) is 0 Å². The van der Waals surface area contributed by atoms with E-state index in [2.05, 4.69) is 9.84 Å². The highest BCUT2D eigenvalue weighted by molar-refractivity contribution is 7.84. The highest BCUT2D eigenvalue weighted by Gasteiger charge is 2.08. The number of carbonyl (C=O) groups excluding carboxylic acids is 1. The van der Waals surface area contributed by atoms with E-state index in [4.69, 9.17) is 11.6 Å². The second kappa shape index (κ2) is 5.11. The van der Waals surface area contributed by atoms with Crippen LogP contribution in [0.25, 0.3) is 0 Å². The van der Waals surface area contributed by atoms with Crippen LogP contribution < -0.4 is 0 Å². The van der Waals surface area contributed by atoms with Gasteiger partial charge in [-0.15, -0.1) is 0 Å². The molecule has 0 amide bonds. The van der Waals surface area contributed by atoms with Gasteiger partial charge < -0.3 is 4.74 Å². The van der Waals surface area contributed by atoms with Crippen LogP contribution in [0.4, 0.5) is 0 Å². The van der Waals surface area contributed by atoms with Crippen LogP contribution in [0.15, 0.2) is 12.4 Å². The molecular weight excluding hydrogens is 228 g/mol. The molecule has 0 aromatic carbocycles. The fourth-order valence-corrected chi connectivity index (χ4v) is 1.86. The van der Waals surface area contributed by atoms with Crippen LogP contribution in [-0.2, 0) is 26.2 Å². The van der Waals surface area contributed by atoms with E-state index in [9.17, 15) is 9.00 Å². The third-order valence-electron chi connectivity index (χ3n) is 1.38. The molecule has 0 saturated carbocycles. The van der Waals surface area contributed by atoms with Gasteiger partial charge in [-0.1, -0.05) is 11.6 Å². The van der Waals surface area contributed by atoms with Gasteiger partial charge in [-0.3, -0.25) is 13.7 Å². The van der Waals surface area contributed by atoms with E-state index in [1.54, 1.807) is 0 Å². The molecule has 1 unspecified atom stereocenters. The number of esters is 1. The minimum absolute atomic E-state index is 0.131. The first-order valence-electron chi connectivity index (χ1n) is 3.71. The molecule has 0 aliphatic rings. The number of hydrogen-bond donors (Lipinski definition) is 0. The number of nitrogens with zero attached hydrogens (tertiary/aromatic N) is 2. The van der Waals surface area contributed by atoms with E-state index in [0.29, 0.717) is 5.02 Å². The van der Waals surface area contributed by atoms with Gasteiger partial charge in [0.15, 0.2) is 0 Å². The van der Waals surface area contributed by atoms with Crippen molar-refractivity contribution in [3.63, 3.8) is 0 Å². The molecule has 7 heteroatoms. The molecule has 0 saturated heterocycles. The molecule has 14 heavy (non-hydrogen) atoms. The maximum absolute atomic E-state index is 11.3. The van der Waals surface area contributed by atoms with Gasteiger partial charge in [-0.2, -0.15) is 5.10 Å². The summed E-state index contributed by atoms with van der Waals surface area (Å²) >= 11 is 5.60. The van der Waals surface area contributed by atoms with Crippen molar-refractivity contribution in [2.45, 2.75) is 5.88 Å². The van der Waals surface area contributed by atoms with Crippen molar-refractivity contribution in [1.82, 2.24) is 9.78 Å². The Morgan fingerprint density at radius 1 is 1.79 bits per heavy atom. The summed E-state index contributed by atoms with van der Waals surface area (Å²) in [5, 5.41) is 4.30. The minimum Gasteiger partial charge on any atom is -0.468 e. The summed E-state index contributed by atoms with van der Waals surface area (Å²) < 4.78 is 17.1. The Labute approximate surface area is 88.5 Å². The van der Waals surface area contributed by atoms with Crippen LogP contribution in [-0.4, -0.2) is 32.8 Å². The number of carbonyl (C=O) groups is 1. The lowest BCUT2D eigenvalue weighted by atomic mass is 10.7. The molecule has 0 fully saturated rings. The molecule has 1 aromatic heterocycles. The van der Waals surface area contributed by atoms with Crippen molar-refractivity contribution in [3.8, 4) is 0 Å². The number of hydrogen-bond acceptors (Lipinski definition) is 4. The quantitative estimate of drug-likeness (QED) is 0.711. The highest BCUT2D eigenvalue weighted by atomic mass is 35.5. The van der Waals surface area contributed by atoms with E-state index in [0.717, 1.165) is 0 Å². The van der Waals surface area contributed by atoms with Crippen LogP contribution in [0.3, 0.4) is 0 Å². The molecule has 1 rings (SSSR count). The SMILES string of the molecule is COC(=O)CS(=O)Cn1cc(Cl)cn1. The Morgan fingerprint density at radius 2 is 2.50 bits per heavy atom. The fourth-order valence-electron chi connectivity index (χ4n) is 0.792. The number of methoxy groups -OCH3 is 1. The van der Waals surface area contributed by atoms with Gasteiger partial charge in [0, 0.05) is 6.20 Å². The summed E-state index contributed by atoms with van der Waals surface area (Å²) in [5.74, 6) is -0.489. The zero-order valence-corrected chi connectivity index (χ0v) is 9.05. The summed E-state index contributed by atoms with van der Waals surface area (Å²) in [6.07, 6.45) is 2.98. The predicted molar refractivity (Wildman–Crippen MR) is 52.3 cm³/mol. The van der Waals surface area contributed by atoms with Crippen molar-refractivity contribution in [3.05, 3.63) is 17.4 Å². The van der Waals surface area contributed by atoms with Gasteiger partial charge in [0.2, 0.25) is 0 Å². The first-order chi connectivity index (χ1) is 6.61. The molecular formula is C7H9ClN2O3S. The lowest BCUT2D eigenvalue weighted by Crippen LogP contribution is -2.16. The minimum atomic E-state index is -1.32. The summed E-state index contributed by atoms with van der Waals surface area (Å²) in [6.45, 7) is 0. The van der Waals surface area contributed by atoms with Gasteiger partial charge in [-0.25, -0.2) is 0 Å². The van der Waals surface area contributed by atoms with Crippen LogP contribution >= 0.6 is 11.6 Å². The lowest BCUT2D eigenvalue weighted by molar-refractivity contribution is -0.137. The average Bonchev–Trinajstić information content (AvgIpc) is 2.50. The van der Waals surface area contributed by atoms with Gasteiger partial charge >= 0.3 is 5.97 Å². The molecule has 5 nitrogen and oxygen atoms in total. The molecule has 0 aliphatic carbocycles. The Bertz CT molecular complexity index is 352. The monoisotopic (exact) mass is 236 g/mol. The third kappa shape index (κ3) is 3.47. The Balaban J connectivity index is 2.45. The normalized spacial score (nSPS) is 12.4. The second-order valence-electron chi connectivity index (χ2n) is 2.49. The molecule has 0 aliphatic heterocycles. The summed E-state index contributed by atoms with van der Waals surface area (Å²) in [4.78, 5) is 10.7. The van der Waals surface area contributed by atoms with E-state index >= 15 is 0 Å². The Kier molecular flexibility index (Phi) is 4.09. The summed E-state index contributed by atoms with van der Waals surface area (Å²) in [5.41, 5.74) is 0. The zero-order chi connectivity index (χ0) is 10.6. The van der Waals surface area contributed by atoms with Gasteiger partial charge in [-0.05, 0) is 0 Å². The molecule has 0 N–H and O–H groups in total. The summed E-state index contributed by atoms with van der Waals surface area (Å²) in [6, 6.07) is 0. The first kappa shape index (κ1) is 11.2. The first-order valence-corrected chi connectivity index (χ1v) is 5.58. The standard InChI is InChI=1S/C7H9ClN2O3S/c1-13-7(11)4-14(12)5-10-3-6(8)2-9-10/h2-3H,4-5H2,1H3. The lowest BCUT2D eigenvalue weighted by Gasteiger charge is -2.00.